The van der Waals surface area contributed by atoms with E-state index in [0.29, 0.717) is 11.3 Å². The maximum absolute atomic E-state index is 13.5. The highest BCUT2D eigenvalue weighted by molar-refractivity contribution is 5.95. The minimum absolute atomic E-state index is 0.00275. The monoisotopic (exact) mass is 351 g/mol. The molecule has 1 fully saturated rings. The standard InChI is InChI=1S/C20H18FN3O2/c21-13-5-6-16-12(9-13)10-23(20(26)22-16)11-19(25)24-17-7-8-18(24)15-4-2-1-3-14(15)17/h1-6,9,17-18H,7-8,10-11H2,(H,22,26). The summed E-state index contributed by atoms with van der Waals surface area (Å²) < 4.78 is 13.5. The molecular weight excluding hydrogens is 333 g/mol. The minimum atomic E-state index is -0.348. The van der Waals surface area contributed by atoms with Crippen LogP contribution in [0, 0.1) is 5.82 Å². The van der Waals surface area contributed by atoms with Crippen LogP contribution in [-0.2, 0) is 11.3 Å². The molecule has 0 aromatic heterocycles. The summed E-state index contributed by atoms with van der Waals surface area (Å²) in [5.41, 5.74) is 3.75. The Morgan fingerprint density at radius 2 is 1.81 bits per heavy atom. The fourth-order valence-electron chi connectivity index (χ4n) is 4.55. The summed E-state index contributed by atoms with van der Waals surface area (Å²) in [4.78, 5) is 28.7. The molecule has 3 aliphatic heterocycles. The smallest absolute Gasteiger partial charge is 0.322 e. The van der Waals surface area contributed by atoms with E-state index in [0.717, 1.165) is 12.8 Å². The first kappa shape index (κ1) is 15.4. The van der Waals surface area contributed by atoms with Crippen LogP contribution in [0.2, 0.25) is 0 Å². The van der Waals surface area contributed by atoms with Crippen molar-refractivity contribution in [2.75, 3.05) is 11.9 Å². The van der Waals surface area contributed by atoms with Gasteiger partial charge in [-0.05, 0) is 47.7 Å². The average Bonchev–Trinajstić information content (AvgIpc) is 3.20. The molecule has 3 heterocycles. The highest BCUT2D eigenvalue weighted by atomic mass is 19.1. The number of hydrogen-bond acceptors (Lipinski definition) is 2. The highest BCUT2D eigenvalue weighted by Gasteiger charge is 2.46. The Labute approximate surface area is 150 Å². The van der Waals surface area contributed by atoms with Gasteiger partial charge in [0.1, 0.15) is 12.4 Å². The number of urea groups is 1. The second-order valence-electron chi connectivity index (χ2n) is 7.13. The normalized spacial score (nSPS) is 22.9. The minimum Gasteiger partial charge on any atom is -0.327 e. The molecular formula is C20H18FN3O2. The van der Waals surface area contributed by atoms with E-state index in [1.165, 1.54) is 28.2 Å². The number of rotatable bonds is 2. The van der Waals surface area contributed by atoms with E-state index < -0.39 is 0 Å². The van der Waals surface area contributed by atoms with Gasteiger partial charge in [0.05, 0.1) is 18.6 Å². The Hall–Kier alpha value is -2.89. The molecule has 1 saturated heterocycles. The third-order valence-corrected chi connectivity index (χ3v) is 5.67. The Balaban J connectivity index is 1.36. The number of nitrogens with one attached hydrogen (secondary N) is 1. The molecule has 0 aliphatic carbocycles. The molecule has 26 heavy (non-hydrogen) atoms. The van der Waals surface area contributed by atoms with Crippen LogP contribution in [0.1, 0.15) is 41.6 Å². The number of hydrogen-bond donors (Lipinski definition) is 1. The van der Waals surface area contributed by atoms with Crippen molar-refractivity contribution in [3.05, 3.63) is 65.0 Å². The zero-order chi connectivity index (χ0) is 17.8. The van der Waals surface area contributed by atoms with Crippen LogP contribution in [-0.4, -0.2) is 28.3 Å². The molecule has 6 heteroatoms. The summed E-state index contributed by atoms with van der Waals surface area (Å²) in [6.45, 7) is 0.240. The zero-order valence-corrected chi connectivity index (χ0v) is 14.1. The van der Waals surface area contributed by atoms with E-state index in [9.17, 15) is 14.0 Å². The van der Waals surface area contributed by atoms with E-state index in [1.54, 1.807) is 6.07 Å². The van der Waals surface area contributed by atoms with Gasteiger partial charge in [-0.25, -0.2) is 9.18 Å². The maximum atomic E-state index is 13.5. The van der Waals surface area contributed by atoms with Crippen LogP contribution in [0.25, 0.3) is 0 Å². The summed E-state index contributed by atoms with van der Waals surface area (Å²) in [5, 5.41) is 2.74. The van der Waals surface area contributed by atoms with Crippen LogP contribution >= 0.6 is 0 Å². The molecule has 0 saturated carbocycles. The summed E-state index contributed by atoms with van der Waals surface area (Å²) in [6.07, 6.45) is 1.93. The third kappa shape index (κ3) is 2.21. The van der Waals surface area contributed by atoms with Crippen molar-refractivity contribution in [3.8, 4) is 0 Å². The first-order valence-corrected chi connectivity index (χ1v) is 8.86. The number of fused-ring (bicyclic) bond motifs is 6. The summed E-state index contributed by atoms with van der Waals surface area (Å²) in [7, 11) is 0. The first-order valence-electron chi connectivity index (χ1n) is 8.86. The molecule has 5 nitrogen and oxygen atoms in total. The predicted octanol–water partition coefficient (Wildman–Crippen LogP) is 3.59. The van der Waals surface area contributed by atoms with Gasteiger partial charge in [-0.2, -0.15) is 0 Å². The predicted molar refractivity (Wildman–Crippen MR) is 93.8 cm³/mol. The Kier molecular flexibility index (Phi) is 3.29. The number of amides is 3. The molecule has 2 aromatic rings. The maximum Gasteiger partial charge on any atom is 0.322 e. The lowest BCUT2D eigenvalue weighted by molar-refractivity contribution is -0.134. The molecule has 2 atom stereocenters. The van der Waals surface area contributed by atoms with Crippen LogP contribution in [0.5, 0.6) is 0 Å². The third-order valence-electron chi connectivity index (χ3n) is 5.67. The Bertz CT molecular complexity index is 898. The van der Waals surface area contributed by atoms with Gasteiger partial charge in [0.2, 0.25) is 5.91 Å². The van der Waals surface area contributed by atoms with E-state index in [1.807, 2.05) is 17.0 Å². The van der Waals surface area contributed by atoms with E-state index in [-0.39, 0.29) is 42.9 Å². The summed E-state index contributed by atoms with van der Waals surface area (Å²) in [5.74, 6) is -0.400. The lowest BCUT2D eigenvalue weighted by atomic mass is 9.92. The summed E-state index contributed by atoms with van der Waals surface area (Å²) in [6, 6.07) is 12.4. The molecule has 132 valence electrons. The van der Waals surface area contributed by atoms with Gasteiger partial charge in [-0.15, -0.1) is 0 Å². The van der Waals surface area contributed by atoms with Crippen molar-refractivity contribution >= 4 is 17.6 Å². The largest absolute Gasteiger partial charge is 0.327 e. The first-order chi connectivity index (χ1) is 12.6. The van der Waals surface area contributed by atoms with E-state index in [4.69, 9.17) is 0 Å². The van der Waals surface area contributed by atoms with Gasteiger partial charge in [-0.1, -0.05) is 24.3 Å². The van der Waals surface area contributed by atoms with Crippen molar-refractivity contribution < 1.29 is 14.0 Å². The van der Waals surface area contributed by atoms with Crippen molar-refractivity contribution in [2.45, 2.75) is 31.5 Å². The number of anilines is 1. The molecule has 3 amide bonds. The van der Waals surface area contributed by atoms with Crippen molar-refractivity contribution in [3.63, 3.8) is 0 Å². The fourth-order valence-corrected chi connectivity index (χ4v) is 4.55. The lowest BCUT2D eigenvalue weighted by Crippen LogP contribution is -2.45. The number of nitrogens with zero attached hydrogens (tertiary/aromatic N) is 2. The Morgan fingerprint density at radius 1 is 1.12 bits per heavy atom. The molecule has 2 unspecified atom stereocenters. The van der Waals surface area contributed by atoms with E-state index in [2.05, 4.69) is 17.4 Å². The van der Waals surface area contributed by atoms with Gasteiger partial charge >= 0.3 is 6.03 Å². The Morgan fingerprint density at radius 3 is 2.50 bits per heavy atom. The second kappa shape index (κ2) is 5.56. The molecule has 3 aliphatic rings. The number of carbonyl (C=O) groups is 2. The SMILES string of the molecule is O=C1Nc2ccc(F)cc2CN1CC(=O)N1C2CCC1c1ccccc12. The van der Waals surface area contributed by atoms with Crippen molar-refractivity contribution in [1.29, 1.82) is 0 Å². The molecule has 1 N–H and O–H groups in total. The van der Waals surface area contributed by atoms with E-state index >= 15 is 0 Å². The van der Waals surface area contributed by atoms with Gasteiger partial charge in [0.15, 0.2) is 0 Å². The second-order valence-corrected chi connectivity index (χ2v) is 7.13. The highest BCUT2D eigenvalue weighted by Crippen LogP contribution is 2.52. The quantitative estimate of drug-likeness (QED) is 0.899. The fraction of sp³-hybridized carbons (Fsp3) is 0.300. The van der Waals surface area contributed by atoms with Crippen LogP contribution in [0.3, 0.4) is 0 Å². The molecule has 2 aromatic carbocycles. The van der Waals surface area contributed by atoms with Crippen LogP contribution in [0.15, 0.2) is 42.5 Å². The van der Waals surface area contributed by atoms with Gasteiger partial charge < -0.3 is 15.1 Å². The van der Waals surface area contributed by atoms with Gasteiger partial charge in [-0.3, -0.25) is 4.79 Å². The zero-order valence-electron chi connectivity index (χ0n) is 14.1. The topological polar surface area (TPSA) is 52.7 Å². The van der Waals surface area contributed by atoms with Crippen molar-refractivity contribution in [1.82, 2.24) is 9.80 Å². The van der Waals surface area contributed by atoms with Crippen LogP contribution in [0.4, 0.5) is 14.9 Å². The molecule has 0 spiro atoms. The van der Waals surface area contributed by atoms with Crippen LogP contribution < -0.4 is 5.32 Å². The summed E-state index contributed by atoms with van der Waals surface area (Å²) >= 11 is 0. The van der Waals surface area contributed by atoms with Gasteiger partial charge in [0.25, 0.3) is 0 Å². The lowest BCUT2D eigenvalue weighted by Gasteiger charge is -2.31. The van der Waals surface area contributed by atoms with Gasteiger partial charge in [0, 0.05) is 5.69 Å². The molecule has 2 bridgehead atoms. The number of carbonyl (C=O) groups excluding carboxylic acids is 2. The average molecular weight is 351 g/mol. The number of benzene rings is 2. The molecule has 5 rings (SSSR count). The number of halogens is 1. The van der Waals surface area contributed by atoms with Crippen molar-refractivity contribution in [2.24, 2.45) is 0 Å². The molecule has 0 radical (unpaired) electrons.